The summed E-state index contributed by atoms with van der Waals surface area (Å²) in [5.41, 5.74) is 2.24. The molecule has 1 aromatic rings. The average Bonchev–Trinajstić information content (AvgIpc) is 2.59. The Labute approximate surface area is 110 Å². The zero-order chi connectivity index (χ0) is 13.9. The fraction of sp³-hybridized carbons (Fsp3) is 0.769. The second-order valence-corrected chi connectivity index (χ2v) is 5.19. The SMILES string of the molecule is Cc1nn(C)c(N(C)C(C)CO)c1CNC(C)C. The molecule has 0 fully saturated rings. The van der Waals surface area contributed by atoms with Gasteiger partial charge in [-0.25, -0.2) is 0 Å². The minimum absolute atomic E-state index is 0.0811. The predicted molar refractivity (Wildman–Crippen MR) is 74.9 cm³/mol. The Hall–Kier alpha value is -1.07. The van der Waals surface area contributed by atoms with E-state index in [4.69, 9.17) is 0 Å². The van der Waals surface area contributed by atoms with Crippen molar-refractivity contribution in [3.63, 3.8) is 0 Å². The van der Waals surface area contributed by atoms with Crippen molar-refractivity contribution in [1.82, 2.24) is 15.1 Å². The van der Waals surface area contributed by atoms with Crippen molar-refractivity contribution < 1.29 is 5.11 Å². The van der Waals surface area contributed by atoms with Crippen molar-refractivity contribution >= 4 is 5.82 Å². The van der Waals surface area contributed by atoms with E-state index < -0.39 is 0 Å². The van der Waals surface area contributed by atoms with Crippen LogP contribution in [0.3, 0.4) is 0 Å². The quantitative estimate of drug-likeness (QED) is 0.796. The Balaban J connectivity index is 3.01. The van der Waals surface area contributed by atoms with Crippen LogP contribution in [0.5, 0.6) is 0 Å². The van der Waals surface area contributed by atoms with Gasteiger partial charge in [0, 0.05) is 32.2 Å². The smallest absolute Gasteiger partial charge is 0.131 e. The molecule has 1 atom stereocenters. The molecular formula is C13H26N4O. The number of hydrogen-bond acceptors (Lipinski definition) is 4. The zero-order valence-corrected chi connectivity index (χ0v) is 12.4. The summed E-state index contributed by atoms with van der Waals surface area (Å²) in [6, 6.07) is 0.524. The number of hydrogen-bond donors (Lipinski definition) is 2. The standard InChI is InChI=1S/C13H26N4O/c1-9(2)14-7-12-11(4)15-17(6)13(12)16(5)10(3)8-18/h9-10,14,18H,7-8H2,1-6H3. The van der Waals surface area contributed by atoms with E-state index in [-0.39, 0.29) is 12.6 Å². The normalized spacial score (nSPS) is 13.1. The lowest BCUT2D eigenvalue weighted by Crippen LogP contribution is -2.34. The number of aliphatic hydroxyl groups excluding tert-OH is 1. The van der Waals surface area contributed by atoms with Gasteiger partial charge in [-0.15, -0.1) is 0 Å². The van der Waals surface area contributed by atoms with Crippen molar-refractivity contribution in [3.05, 3.63) is 11.3 Å². The summed E-state index contributed by atoms with van der Waals surface area (Å²) < 4.78 is 1.89. The molecule has 0 spiro atoms. The van der Waals surface area contributed by atoms with Crippen LogP contribution < -0.4 is 10.2 Å². The molecule has 0 aliphatic rings. The third-order valence-electron chi connectivity index (χ3n) is 3.26. The second-order valence-electron chi connectivity index (χ2n) is 5.19. The molecule has 0 amide bonds. The van der Waals surface area contributed by atoms with Gasteiger partial charge in [0.2, 0.25) is 0 Å². The minimum Gasteiger partial charge on any atom is -0.394 e. The molecule has 0 aliphatic heterocycles. The molecule has 0 saturated heterocycles. The van der Waals surface area contributed by atoms with E-state index in [9.17, 15) is 5.11 Å². The molecule has 0 bridgehead atoms. The lowest BCUT2D eigenvalue weighted by atomic mass is 10.2. The highest BCUT2D eigenvalue weighted by Gasteiger charge is 2.19. The number of rotatable bonds is 6. The van der Waals surface area contributed by atoms with Gasteiger partial charge in [-0.1, -0.05) is 13.8 Å². The lowest BCUT2D eigenvalue weighted by Gasteiger charge is -2.26. The summed E-state index contributed by atoms with van der Waals surface area (Å²) in [6.45, 7) is 9.23. The zero-order valence-electron chi connectivity index (χ0n) is 12.4. The van der Waals surface area contributed by atoms with Crippen LogP contribution in [0.1, 0.15) is 32.0 Å². The Morgan fingerprint density at radius 3 is 2.50 bits per heavy atom. The first kappa shape index (κ1) is 15.0. The monoisotopic (exact) mass is 254 g/mol. The molecule has 1 heterocycles. The highest BCUT2D eigenvalue weighted by molar-refractivity contribution is 5.50. The van der Waals surface area contributed by atoms with Gasteiger partial charge in [-0.2, -0.15) is 5.10 Å². The van der Waals surface area contributed by atoms with E-state index >= 15 is 0 Å². The molecule has 5 heteroatoms. The molecule has 0 radical (unpaired) electrons. The van der Waals surface area contributed by atoms with Gasteiger partial charge in [0.25, 0.3) is 0 Å². The molecule has 1 rings (SSSR count). The van der Waals surface area contributed by atoms with Crippen LogP contribution in [0, 0.1) is 6.92 Å². The number of nitrogens with zero attached hydrogens (tertiary/aromatic N) is 3. The number of aromatic nitrogens is 2. The number of likely N-dealkylation sites (N-methyl/N-ethyl adjacent to an activating group) is 1. The van der Waals surface area contributed by atoms with Crippen molar-refractivity contribution in [2.45, 2.75) is 46.3 Å². The average molecular weight is 254 g/mol. The number of anilines is 1. The Kier molecular flexibility index (Phi) is 5.16. The summed E-state index contributed by atoms with van der Waals surface area (Å²) in [5, 5.41) is 17.2. The second kappa shape index (κ2) is 6.20. The molecule has 0 saturated carbocycles. The summed E-state index contributed by atoms with van der Waals surface area (Å²) in [7, 11) is 3.94. The van der Waals surface area contributed by atoms with Crippen LogP contribution in [0.4, 0.5) is 5.82 Å². The van der Waals surface area contributed by atoms with E-state index in [1.165, 1.54) is 5.56 Å². The first-order valence-corrected chi connectivity index (χ1v) is 6.48. The third kappa shape index (κ3) is 3.23. The van der Waals surface area contributed by atoms with Gasteiger partial charge in [0.1, 0.15) is 5.82 Å². The molecule has 104 valence electrons. The van der Waals surface area contributed by atoms with Crippen LogP contribution in [0.15, 0.2) is 0 Å². The molecule has 2 N–H and O–H groups in total. The summed E-state index contributed by atoms with van der Waals surface area (Å²) in [4.78, 5) is 2.08. The van der Waals surface area contributed by atoms with Crippen LogP contribution >= 0.6 is 0 Å². The molecular weight excluding hydrogens is 228 g/mol. The summed E-state index contributed by atoms with van der Waals surface area (Å²) in [5.74, 6) is 1.07. The molecule has 18 heavy (non-hydrogen) atoms. The molecule has 5 nitrogen and oxygen atoms in total. The van der Waals surface area contributed by atoms with Crippen LogP contribution in [-0.2, 0) is 13.6 Å². The van der Waals surface area contributed by atoms with Gasteiger partial charge in [0.15, 0.2) is 0 Å². The van der Waals surface area contributed by atoms with Crippen LogP contribution in [-0.4, -0.2) is 40.6 Å². The highest BCUT2D eigenvalue weighted by atomic mass is 16.3. The van der Waals surface area contributed by atoms with Gasteiger partial charge < -0.3 is 15.3 Å². The Morgan fingerprint density at radius 2 is 2.00 bits per heavy atom. The fourth-order valence-electron chi connectivity index (χ4n) is 1.98. The van der Waals surface area contributed by atoms with Gasteiger partial charge >= 0.3 is 0 Å². The van der Waals surface area contributed by atoms with Crippen LogP contribution in [0.25, 0.3) is 0 Å². The van der Waals surface area contributed by atoms with Crippen molar-refractivity contribution in [2.75, 3.05) is 18.6 Å². The van der Waals surface area contributed by atoms with Crippen LogP contribution in [0.2, 0.25) is 0 Å². The highest BCUT2D eigenvalue weighted by Crippen LogP contribution is 2.23. The van der Waals surface area contributed by atoms with Crippen molar-refractivity contribution in [3.8, 4) is 0 Å². The Bertz CT molecular complexity index is 387. The van der Waals surface area contributed by atoms with E-state index in [1.807, 2.05) is 32.6 Å². The van der Waals surface area contributed by atoms with Crippen molar-refractivity contribution in [1.29, 1.82) is 0 Å². The van der Waals surface area contributed by atoms with Gasteiger partial charge in [0.05, 0.1) is 18.3 Å². The Morgan fingerprint density at radius 1 is 1.39 bits per heavy atom. The first-order valence-electron chi connectivity index (χ1n) is 6.48. The third-order valence-corrected chi connectivity index (χ3v) is 3.26. The van der Waals surface area contributed by atoms with Gasteiger partial charge in [-0.05, 0) is 13.8 Å². The fourth-order valence-corrected chi connectivity index (χ4v) is 1.98. The van der Waals surface area contributed by atoms with E-state index in [1.54, 1.807) is 0 Å². The summed E-state index contributed by atoms with van der Waals surface area (Å²) >= 11 is 0. The van der Waals surface area contributed by atoms with E-state index in [2.05, 4.69) is 29.2 Å². The summed E-state index contributed by atoms with van der Waals surface area (Å²) in [6.07, 6.45) is 0. The maximum Gasteiger partial charge on any atom is 0.131 e. The number of aryl methyl sites for hydroxylation is 2. The number of nitrogens with one attached hydrogen (secondary N) is 1. The minimum atomic E-state index is 0.0811. The predicted octanol–water partition coefficient (Wildman–Crippen LogP) is 1.04. The maximum atomic E-state index is 9.29. The maximum absolute atomic E-state index is 9.29. The molecule has 1 unspecified atom stereocenters. The van der Waals surface area contributed by atoms with Crippen molar-refractivity contribution in [2.24, 2.45) is 7.05 Å². The van der Waals surface area contributed by atoms with E-state index in [0.717, 1.165) is 18.1 Å². The first-order chi connectivity index (χ1) is 8.38. The largest absolute Gasteiger partial charge is 0.394 e. The molecule has 1 aromatic heterocycles. The lowest BCUT2D eigenvalue weighted by molar-refractivity contribution is 0.269. The molecule has 0 aromatic carbocycles. The molecule has 0 aliphatic carbocycles. The van der Waals surface area contributed by atoms with E-state index in [0.29, 0.717) is 6.04 Å². The van der Waals surface area contributed by atoms with Gasteiger partial charge in [-0.3, -0.25) is 4.68 Å². The topological polar surface area (TPSA) is 53.3 Å². The number of aliphatic hydroxyl groups is 1.